The van der Waals surface area contributed by atoms with E-state index in [0.29, 0.717) is 11.1 Å². The number of carbonyl (C=O) groups excluding carboxylic acids is 2. The van der Waals surface area contributed by atoms with Crippen molar-refractivity contribution < 1.29 is 28.4 Å². The van der Waals surface area contributed by atoms with Crippen molar-refractivity contribution in [3.63, 3.8) is 0 Å². The predicted molar refractivity (Wildman–Crippen MR) is 115 cm³/mol. The summed E-state index contributed by atoms with van der Waals surface area (Å²) in [6.45, 7) is 0. The average Bonchev–Trinajstić information content (AvgIpc) is 2.87. The summed E-state index contributed by atoms with van der Waals surface area (Å²) >= 11 is 1.61. The molecule has 0 saturated heterocycles. The Morgan fingerprint density at radius 2 is 1.27 bits per heavy atom. The van der Waals surface area contributed by atoms with Gasteiger partial charge in [-0.2, -0.15) is 0 Å². The maximum atomic E-state index is 10.4. The number of pyridine rings is 2. The van der Waals surface area contributed by atoms with Crippen LogP contribution in [0, 0.1) is 6.07 Å². The van der Waals surface area contributed by atoms with E-state index >= 15 is 0 Å². The standard InChI is InChI=1S/C12H9NO.C12H8NO.ClH.Pt/c2*14-9-10-4-6-11(7-5-10)12-3-1-2-8-13-12;;/h1-9H;1-6,8-9H;1H;/q;-1;;+2/p-1. The summed E-state index contributed by atoms with van der Waals surface area (Å²) in [5.41, 5.74) is 5.02. The third-order valence-electron chi connectivity index (χ3n) is 3.92. The fraction of sp³-hybridized carbons (Fsp3) is 0. The number of nitrogens with zero attached hydrogens (tertiary/aromatic N) is 2. The normalized spacial score (nSPS) is 9.30. The molecule has 0 unspecified atom stereocenters. The van der Waals surface area contributed by atoms with E-state index in [2.05, 4.69) is 25.5 Å². The van der Waals surface area contributed by atoms with E-state index < -0.39 is 0 Å². The van der Waals surface area contributed by atoms with E-state index in [1.54, 1.807) is 55.4 Å². The Balaban J connectivity index is 0.000000197. The molecule has 0 amide bonds. The second-order valence-electron chi connectivity index (χ2n) is 5.82. The van der Waals surface area contributed by atoms with Gasteiger partial charge in [-0.05, 0) is 23.9 Å². The van der Waals surface area contributed by atoms with Gasteiger partial charge in [-0.25, -0.2) is 0 Å². The van der Waals surface area contributed by atoms with Crippen LogP contribution in [0.15, 0.2) is 91.3 Å². The average molecular weight is 596 g/mol. The second-order valence-corrected chi connectivity index (χ2v) is 5.82. The number of hydrogen-bond acceptors (Lipinski definition) is 4. The van der Waals surface area contributed by atoms with Crippen LogP contribution in [-0.2, 0) is 18.8 Å². The SMILES string of the molecule is O=Cc1c[c-]c(-c2ccccn2)cc1.O=Cc1ccc(-c2ccccn2)cc1.[Cl][Pt+]. The second kappa shape index (κ2) is 13.3. The van der Waals surface area contributed by atoms with Crippen LogP contribution >= 0.6 is 9.42 Å². The summed E-state index contributed by atoms with van der Waals surface area (Å²) in [5, 5.41) is 0. The molecule has 0 N–H and O–H groups in total. The van der Waals surface area contributed by atoms with Gasteiger partial charge in [0, 0.05) is 23.5 Å². The molecule has 6 heteroatoms. The van der Waals surface area contributed by atoms with Crippen molar-refractivity contribution in [1.82, 2.24) is 9.97 Å². The summed E-state index contributed by atoms with van der Waals surface area (Å²) in [5.74, 6) is 0. The number of halogens is 1. The molecule has 0 aliphatic rings. The molecule has 0 bridgehead atoms. The molecule has 4 rings (SSSR count). The van der Waals surface area contributed by atoms with Crippen molar-refractivity contribution >= 4 is 22.0 Å². The molecule has 0 aliphatic carbocycles. The van der Waals surface area contributed by atoms with Gasteiger partial charge >= 0.3 is 28.2 Å². The van der Waals surface area contributed by atoms with Crippen LogP contribution in [-0.4, -0.2) is 22.5 Å². The molecule has 0 radical (unpaired) electrons. The number of hydrogen-bond donors (Lipinski definition) is 0. The van der Waals surface area contributed by atoms with Crippen molar-refractivity contribution in [3.05, 3.63) is 108 Å². The zero-order valence-electron chi connectivity index (χ0n) is 15.7. The molecule has 0 fully saturated rings. The predicted octanol–water partition coefficient (Wildman–Crippen LogP) is 5.61. The van der Waals surface area contributed by atoms with Crippen molar-refractivity contribution in [2.24, 2.45) is 0 Å². The third kappa shape index (κ3) is 7.14. The number of benzene rings is 2. The van der Waals surface area contributed by atoms with Gasteiger partial charge in [0.2, 0.25) is 0 Å². The first-order valence-electron chi connectivity index (χ1n) is 8.77. The molecule has 2 aromatic carbocycles. The van der Waals surface area contributed by atoms with Gasteiger partial charge < -0.3 is 9.78 Å². The molecule has 152 valence electrons. The quantitative estimate of drug-likeness (QED) is 0.227. The molecule has 0 atom stereocenters. The van der Waals surface area contributed by atoms with E-state index in [1.807, 2.05) is 54.6 Å². The molecule has 2 heterocycles. The molecular formula is C24H17ClN2O2Pt. The molecule has 0 spiro atoms. The summed E-state index contributed by atoms with van der Waals surface area (Å²) < 4.78 is 0. The molecule has 4 nitrogen and oxygen atoms in total. The molecule has 4 aromatic rings. The van der Waals surface area contributed by atoms with Crippen LogP contribution in [0.4, 0.5) is 0 Å². The summed E-state index contributed by atoms with van der Waals surface area (Å²) in [6, 6.07) is 27.1. The first-order valence-corrected chi connectivity index (χ1v) is 11.6. The molecular weight excluding hydrogens is 579 g/mol. The van der Waals surface area contributed by atoms with Gasteiger partial charge in [-0.3, -0.25) is 9.78 Å². The molecule has 0 saturated carbocycles. The molecule has 0 aliphatic heterocycles. The van der Waals surface area contributed by atoms with Gasteiger partial charge in [0.25, 0.3) is 0 Å². The first kappa shape index (κ1) is 23.3. The van der Waals surface area contributed by atoms with E-state index in [4.69, 9.17) is 0 Å². The van der Waals surface area contributed by atoms with Crippen molar-refractivity contribution in [2.45, 2.75) is 0 Å². The summed E-state index contributed by atoms with van der Waals surface area (Å²) in [7, 11) is 4.61. The van der Waals surface area contributed by atoms with Crippen molar-refractivity contribution in [3.8, 4) is 22.5 Å². The number of carbonyl (C=O) groups is 2. The van der Waals surface area contributed by atoms with Crippen LogP contribution in [0.2, 0.25) is 0 Å². The van der Waals surface area contributed by atoms with Gasteiger partial charge in [-0.1, -0.05) is 48.0 Å². The Morgan fingerprint density at radius 1 is 0.700 bits per heavy atom. The Bertz CT molecular complexity index is 939. The van der Waals surface area contributed by atoms with E-state index in [9.17, 15) is 9.59 Å². The van der Waals surface area contributed by atoms with Crippen LogP contribution < -0.4 is 0 Å². The Labute approximate surface area is 190 Å². The van der Waals surface area contributed by atoms with E-state index in [0.717, 1.165) is 35.1 Å². The first-order chi connectivity index (χ1) is 14.8. The summed E-state index contributed by atoms with van der Waals surface area (Å²) in [4.78, 5) is 29.3. The van der Waals surface area contributed by atoms with Crippen LogP contribution in [0.5, 0.6) is 0 Å². The zero-order valence-corrected chi connectivity index (χ0v) is 18.7. The van der Waals surface area contributed by atoms with Gasteiger partial charge in [-0.15, -0.1) is 29.8 Å². The fourth-order valence-electron chi connectivity index (χ4n) is 2.46. The maximum absolute atomic E-state index is 10.4. The zero-order chi connectivity index (χ0) is 21.6. The monoisotopic (exact) mass is 595 g/mol. The minimum atomic E-state index is 0.629. The molecule has 2 aromatic heterocycles. The van der Waals surface area contributed by atoms with E-state index in [1.165, 1.54) is 0 Å². The van der Waals surface area contributed by atoms with Gasteiger partial charge in [0.15, 0.2) is 0 Å². The van der Waals surface area contributed by atoms with Gasteiger partial charge in [0.05, 0.1) is 5.69 Å². The van der Waals surface area contributed by atoms with Crippen molar-refractivity contribution in [2.75, 3.05) is 0 Å². The van der Waals surface area contributed by atoms with Crippen molar-refractivity contribution in [1.29, 1.82) is 0 Å². The Morgan fingerprint density at radius 3 is 1.73 bits per heavy atom. The van der Waals surface area contributed by atoms with Crippen LogP contribution in [0.1, 0.15) is 20.7 Å². The van der Waals surface area contributed by atoms with Gasteiger partial charge in [0.1, 0.15) is 12.6 Å². The number of aromatic nitrogens is 2. The fourth-order valence-corrected chi connectivity index (χ4v) is 2.46. The Hall–Kier alpha value is -2.94. The topological polar surface area (TPSA) is 59.9 Å². The van der Waals surface area contributed by atoms with Crippen LogP contribution in [0.25, 0.3) is 22.5 Å². The summed E-state index contributed by atoms with van der Waals surface area (Å²) in [6.07, 6.45) is 5.13. The number of rotatable bonds is 4. The van der Waals surface area contributed by atoms with Crippen LogP contribution in [0.3, 0.4) is 0 Å². The number of aldehydes is 2. The Kier molecular flexibility index (Phi) is 10.4. The minimum absolute atomic E-state index is 0.629. The molecule has 30 heavy (non-hydrogen) atoms. The third-order valence-corrected chi connectivity index (χ3v) is 3.92. The van der Waals surface area contributed by atoms with E-state index in [-0.39, 0.29) is 0 Å².